The van der Waals surface area contributed by atoms with Gasteiger partial charge in [0.15, 0.2) is 0 Å². The summed E-state index contributed by atoms with van der Waals surface area (Å²) >= 11 is 0. The molecule has 2 atom stereocenters. The minimum Gasteiger partial charge on any atom is -0.315 e. The van der Waals surface area contributed by atoms with Crippen molar-refractivity contribution < 1.29 is 8.42 Å². The van der Waals surface area contributed by atoms with Crippen molar-refractivity contribution >= 4 is 10.2 Å². The van der Waals surface area contributed by atoms with E-state index >= 15 is 0 Å². The van der Waals surface area contributed by atoms with Crippen LogP contribution in [0.5, 0.6) is 0 Å². The van der Waals surface area contributed by atoms with E-state index in [1.165, 1.54) is 4.31 Å². The summed E-state index contributed by atoms with van der Waals surface area (Å²) in [6.07, 6.45) is 2.09. The third-order valence-electron chi connectivity index (χ3n) is 4.57. The highest BCUT2D eigenvalue weighted by Crippen LogP contribution is 2.29. The predicted molar refractivity (Wildman–Crippen MR) is 82.9 cm³/mol. The van der Waals surface area contributed by atoms with Crippen LogP contribution in [-0.2, 0) is 16.8 Å². The summed E-state index contributed by atoms with van der Waals surface area (Å²) in [5.41, 5.74) is 1.02. The Morgan fingerprint density at radius 2 is 2.05 bits per heavy atom. The maximum absolute atomic E-state index is 12.9. The van der Waals surface area contributed by atoms with Gasteiger partial charge in [0.1, 0.15) is 0 Å². The number of rotatable bonds is 4. The van der Waals surface area contributed by atoms with Crippen molar-refractivity contribution in [3.05, 3.63) is 35.9 Å². The molecule has 0 spiro atoms. The van der Waals surface area contributed by atoms with E-state index in [0.717, 1.165) is 31.5 Å². The minimum absolute atomic E-state index is 0.127. The highest BCUT2D eigenvalue weighted by atomic mass is 32.2. The molecule has 2 aliphatic rings. The summed E-state index contributed by atoms with van der Waals surface area (Å²) in [7, 11) is -1.71. The van der Waals surface area contributed by atoms with Crippen LogP contribution in [0.2, 0.25) is 0 Å². The molecule has 1 N–H and O–H groups in total. The smallest absolute Gasteiger partial charge is 0.282 e. The number of benzene rings is 1. The second-order valence-electron chi connectivity index (χ2n) is 5.99. The first-order valence-corrected chi connectivity index (χ1v) is 8.96. The van der Waals surface area contributed by atoms with E-state index in [1.54, 1.807) is 11.4 Å². The van der Waals surface area contributed by atoms with Gasteiger partial charge < -0.3 is 5.32 Å². The summed E-state index contributed by atoms with van der Waals surface area (Å²) in [5.74, 6) is 0.471. The first-order valence-electron chi connectivity index (χ1n) is 7.57. The predicted octanol–water partition coefficient (Wildman–Crippen LogP) is 1.05. The van der Waals surface area contributed by atoms with Crippen molar-refractivity contribution in [1.82, 2.24) is 13.9 Å². The third-order valence-corrected chi connectivity index (χ3v) is 6.53. The van der Waals surface area contributed by atoms with Gasteiger partial charge in [-0.2, -0.15) is 17.0 Å². The zero-order chi connectivity index (χ0) is 14.9. The number of hydrogen-bond donors (Lipinski definition) is 1. The van der Waals surface area contributed by atoms with Gasteiger partial charge in [0.2, 0.25) is 0 Å². The van der Waals surface area contributed by atoms with Gasteiger partial charge in [0.05, 0.1) is 0 Å². The fourth-order valence-electron chi connectivity index (χ4n) is 3.41. The SMILES string of the molecule is CN(Cc1ccccc1)S(=O)(=O)N1CCCC2CNCC21. The molecule has 0 amide bonds. The van der Waals surface area contributed by atoms with E-state index < -0.39 is 10.2 Å². The normalized spacial score (nSPS) is 27.0. The monoisotopic (exact) mass is 309 g/mol. The zero-order valence-corrected chi connectivity index (χ0v) is 13.2. The van der Waals surface area contributed by atoms with Gasteiger partial charge in [-0.1, -0.05) is 30.3 Å². The Kier molecular flexibility index (Phi) is 4.31. The summed E-state index contributed by atoms with van der Waals surface area (Å²) in [6.45, 7) is 2.79. The Labute approximate surface area is 127 Å². The quantitative estimate of drug-likeness (QED) is 0.904. The lowest BCUT2D eigenvalue weighted by Gasteiger charge is -2.38. The van der Waals surface area contributed by atoms with Crippen LogP contribution < -0.4 is 5.32 Å². The Hall–Kier alpha value is -0.950. The number of fused-ring (bicyclic) bond motifs is 1. The van der Waals surface area contributed by atoms with Crippen LogP contribution in [0.3, 0.4) is 0 Å². The molecule has 3 rings (SSSR count). The molecule has 21 heavy (non-hydrogen) atoms. The molecule has 2 heterocycles. The molecule has 6 heteroatoms. The molecule has 5 nitrogen and oxygen atoms in total. The molecular weight excluding hydrogens is 286 g/mol. The van der Waals surface area contributed by atoms with Crippen molar-refractivity contribution in [3.63, 3.8) is 0 Å². The lowest BCUT2D eigenvalue weighted by Crippen LogP contribution is -2.52. The highest BCUT2D eigenvalue weighted by molar-refractivity contribution is 7.86. The van der Waals surface area contributed by atoms with Crippen LogP contribution in [0.25, 0.3) is 0 Å². The molecule has 0 aromatic heterocycles. The lowest BCUT2D eigenvalue weighted by atomic mass is 9.94. The summed E-state index contributed by atoms with van der Waals surface area (Å²) in [4.78, 5) is 0. The number of hydrogen-bond acceptors (Lipinski definition) is 3. The van der Waals surface area contributed by atoms with Crippen LogP contribution in [-0.4, -0.2) is 49.8 Å². The van der Waals surface area contributed by atoms with Crippen LogP contribution in [0, 0.1) is 5.92 Å². The van der Waals surface area contributed by atoms with E-state index in [4.69, 9.17) is 0 Å². The van der Waals surface area contributed by atoms with Gasteiger partial charge in [-0.3, -0.25) is 0 Å². The third kappa shape index (κ3) is 2.99. The van der Waals surface area contributed by atoms with Gasteiger partial charge in [-0.25, -0.2) is 0 Å². The second kappa shape index (κ2) is 6.04. The molecule has 0 aliphatic carbocycles. The average Bonchev–Trinajstić information content (AvgIpc) is 2.96. The van der Waals surface area contributed by atoms with Crippen LogP contribution >= 0.6 is 0 Å². The number of piperidine rings is 1. The van der Waals surface area contributed by atoms with Crippen LogP contribution in [0.4, 0.5) is 0 Å². The Bertz CT molecular complexity index is 576. The largest absolute Gasteiger partial charge is 0.315 e. The van der Waals surface area contributed by atoms with E-state index in [1.807, 2.05) is 30.3 Å². The summed E-state index contributed by atoms with van der Waals surface area (Å²) in [6, 6.07) is 9.87. The van der Waals surface area contributed by atoms with Gasteiger partial charge in [-0.15, -0.1) is 0 Å². The molecule has 2 aliphatic heterocycles. The standard InChI is InChI=1S/C15H23N3O2S/c1-17(12-13-6-3-2-4-7-13)21(19,20)18-9-5-8-14-10-16-11-15(14)18/h2-4,6-7,14-16H,5,8-12H2,1H3. The van der Waals surface area contributed by atoms with Crippen molar-refractivity contribution in [1.29, 1.82) is 0 Å². The molecule has 1 aromatic rings. The topological polar surface area (TPSA) is 52.7 Å². The first kappa shape index (κ1) is 15.0. The van der Waals surface area contributed by atoms with Crippen LogP contribution in [0.1, 0.15) is 18.4 Å². The maximum atomic E-state index is 12.9. The Balaban J connectivity index is 1.76. The fourth-order valence-corrected chi connectivity index (χ4v) is 5.03. The lowest BCUT2D eigenvalue weighted by molar-refractivity contribution is 0.204. The summed E-state index contributed by atoms with van der Waals surface area (Å²) in [5, 5.41) is 3.33. The first-order chi connectivity index (χ1) is 10.1. The summed E-state index contributed by atoms with van der Waals surface area (Å²) < 4.78 is 28.9. The molecular formula is C15H23N3O2S. The second-order valence-corrected chi connectivity index (χ2v) is 7.98. The van der Waals surface area contributed by atoms with Crippen molar-refractivity contribution in [3.8, 4) is 0 Å². The van der Waals surface area contributed by atoms with E-state index in [9.17, 15) is 8.42 Å². The highest BCUT2D eigenvalue weighted by Gasteiger charge is 2.42. The number of nitrogens with one attached hydrogen (secondary N) is 1. The number of nitrogens with zero attached hydrogens (tertiary/aromatic N) is 2. The minimum atomic E-state index is -3.39. The van der Waals surface area contributed by atoms with E-state index in [2.05, 4.69) is 5.32 Å². The molecule has 0 radical (unpaired) electrons. The Morgan fingerprint density at radius 1 is 1.29 bits per heavy atom. The van der Waals surface area contributed by atoms with E-state index in [-0.39, 0.29) is 6.04 Å². The van der Waals surface area contributed by atoms with Crippen LogP contribution in [0.15, 0.2) is 30.3 Å². The fraction of sp³-hybridized carbons (Fsp3) is 0.600. The van der Waals surface area contributed by atoms with Gasteiger partial charge in [0.25, 0.3) is 10.2 Å². The molecule has 1 aromatic carbocycles. The molecule has 2 fully saturated rings. The average molecular weight is 309 g/mol. The zero-order valence-electron chi connectivity index (χ0n) is 12.4. The van der Waals surface area contributed by atoms with Gasteiger partial charge >= 0.3 is 0 Å². The van der Waals surface area contributed by atoms with Crippen molar-refractivity contribution in [2.75, 3.05) is 26.7 Å². The molecule has 116 valence electrons. The molecule has 0 saturated carbocycles. The van der Waals surface area contributed by atoms with Crippen molar-refractivity contribution in [2.45, 2.75) is 25.4 Å². The Morgan fingerprint density at radius 3 is 2.81 bits per heavy atom. The van der Waals surface area contributed by atoms with Crippen molar-refractivity contribution in [2.24, 2.45) is 5.92 Å². The maximum Gasteiger partial charge on any atom is 0.282 e. The molecule has 2 saturated heterocycles. The molecule has 0 bridgehead atoms. The van der Waals surface area contributed by atoms with E-state index in [0.29, 0.717) is 19.0 Å². The molecule has 2 unspecified atom stereocenters. The van der Waals surface area contributed by atoms with Gasteiger partial charge in [0, 0.05) is 32.7 Å². The van der Waals surface area contributed by atoms with Gasteiger partial charge in [-0.05, 0) is 30.9 Å².